The van der Waals surface area contributed by atoms with E-state index in [4.69, 9.17) is 4.74 Å². The number of ether oxygens (including phenoxy) is 1. The molecule has 0 spiro atoms. The standard InChI is InChI=1S/C21H24BrN3O4/c1-21(2,3)29-20(28)24-13-18(26)23-12-15-6-4-5-7-17(15)25-19(27)14-8-10-16(22)11-9-14/h4-11H,12-13H2,1-3H3,(H,23,26)(H,24,28)(H,25,27). The first-order valence-electron chi connectivity index (χ1n) is 9.02. The second-order valence-electron chi connectivity index (χ2n) is 7.25. The van der Waals surface area contributed by atoms with Crippen LogP contribution in [0.4, 0.5) is 10.5 Å². The monoisotopic (exact) mass is 461 g/mol. The smallest absolute Gasteiger partial charge is 0.408 e. The van der Waals surface area contributed by atoms with E-state index in [9.17, 15) is 14.4 Å². The lowest BCUT2D eigenvalue weighted by Crippen LogP contribution is -2.39. The van der Waals surface area contributed by atoms with E-state index >= 15 is 0 Å². The topological polar surface area (TPSA) is 96.5 Å². The van der Waals surface area contributed by atoms with Gasteiger partial charge in [-0.25, -0.2) is 4.79 Å². The van der Waals surface area contributed by atoms with Gasteiger partial charge in [-0.3, -0.25) is 9.59 Å². The third-order valence-electron chi connectivity index (χ3n) is 3.64. The molecular formula is C21H24BrN3O4. The molecule has 0 aliphatic heterocycles. The molecule has 0 bridgehead atoms. The van der Waals surface area contributed by atoms with Crippen LogP contribution in [0.5, 0.6) is 0 Å². The molecule has 0 unspecified atom stereocenters. The van der Waals surface area contributed by atoms with E-state index in [-0.39, 0.29) is 24.9 Å². The van der Waals surface area contributed by atoms with Crippen LogP contribution in [0.1, 0.15) is 36.7 Å². The molecule has 0 aromatic heterocycles. The maximum atomic E-state index is 12.4. The average Bonchev–Trinajstić information content (AvgIpc) is 2.65. The second kappa shape index (κ2) is 10.1. The fourth-order valence-electron chi connectivity index (χ4n) is 2.32. The third kappa shape index (κ3) is 7.95. The molecule has 0 fully saturated rings. The highest BCUT2D eigenvalue weighted by molar-refractivity contribution is 9.10. The first-order valence-corrected chi connectivity index (χ1v) is 9.82. The third-order valence-corrected chi connectivity index (χ3v) is 4.17. The van der Waals surface area contributed by atoms with Crippen molar-refractivity contribution in [2.75, 3.05) is 11.9 Å². The number of carbonyl (C=O) groups excluding carboxylic acids is 3. The number of amides is 3. The quantitative estimate of drug-likeness (QED) is 0.608. The van der Waals surface area contributed by atoms with Gasteiger partial charge in [0.05, 0.1) is 0 Å². The van der Waals surface area contributed by atoms with Crippen LogP contribution in [0.2, 0.25) is 0 Å². The zero-order valence-corrected chi connectivity index (χ0v) is 18.1. The normalized spacial score (nSPS) is 10.8. The molecule has 0 heterocycles. The van der Waals surface area contributed by atoms with Crippen molar-refractivity contribution < 1.29 is 19.1 Å². The minimum atomic E-state index is -0.658. The Labute approximate surface area is 178 Å². The molecule has 2 aromatic carbocycles. The molecule has 0 aliphatic rings. The summed E-state index contributed by atoms with van der Waals surface area (Å²) in [5, 5.41) is 7.96. The first-order chi connectivity index (χ1) is 13.6. The van der Waals surface area contributed by atoms with Gasteiger partial charge in [-0.2, -0.15) is 0 Å². The van der Waals surface area contributed by atoms with Gasteiger partial charge in [-0.15, -0.1) is 0 Å². The molecule has 2 aromatic rings. The minimum absolute atomic E-state index is 0.200. The molecule has 0 atom stereocenters. The molecule has 2 rings (SSSR count). The fraction of sp³-hybridized carbons (Fsp3) is 0.286. The van der Waals surface area contributed by atoms with Crippen LogP contribution in [-0.4, -0.2) is 30.1 Å². The second-order valence-corrected chi connectivity index (χ2v) is 8.17. The number of nitrogens with one attached hydrogen (secondary N) is 3. The fourth-order valence-corrected chi connectivity index (χ4v) is 2.58. The van der Waals surface area contributed by atoms with Crippen molar-refractivity contribution in [1.29, 1.82) is 0 Å². The van der Waals surface area contributed by atoms with Crippen molar-refractivity contribution in [2.24, 2.45) is 0 Å². The van der Waals surface area contributed by atoms with Gasteiger partial charge in [-0.05, 0) is 56.7 Å². The Morgan fingerprint density at radius 3 is 2.28 bits per heavy atom. The van der Waals surface area contributed by atoms with Crippen LogP contribution < -0.4 is 16.0 Å². The van der Waals surface area contributed by atoms with Crippen LogP contribution in [0, 0.1) is 0 Å². The number of anilines is 1. The molecule has 0 saturated heterocycles. The van der Waals surface area contributed by atoms with Crippen LogP contribution in [0.15, 0.2) is 53.0 Å². The van der Waals surface area contributed by atoms with Gasteiger partial charge in [0.25, 0.3) is 5.91 Å². The van der Waals surface area contributed by atoms with E-state index in [0.717, 1.165) is 10.0 Å². The maximum Gasteiger partial charge on any atom is 0.408 e. The molecular weight excluding hydrogens is 438 g/mol. The van der Waals surface area contributed by atoms with Gasteiger partial charge >= 0.3 is 6.09 Å². The summed E-state index contributed by atoms with van der Waals surface area (Å²) in [7, 11) is 0. The average molecular weight is 462 g/mol. The Bertz CT molecular complexity index is 876. The van der Waals surface area contributed by atoms with Gasteiger partial charge in [0.15, 0.2) is 0 Å². The Morgan fingerprint density at radius 1 is 0.966 bits per heavy atom. The summed E-state index contributed by atoms with van der Waals surface area (Å²) in [6.07, 6.45) is -0.658. The van der Waals surface area contributed by atoms with Gasteiger partial charge in [0.2, 0.25) is 5.91 Å². The van der Waals surface area contributed by atoms with Crippen molar-refractivity contribution >= 4 is 39.5 Å². The van der Waals surface area contributed by atoms with E-state index in [1.165, 1.54) is 0 Å². The van der Waals surface area contributed by atoms with Crippen LogP contribution in [-0.2, 0) is 16.1 Å². The predicted octanol–water partition coefficient (Wildman–Crippen LogP) is 3.84. The maximum absolute atomic E-state index is 12.4. The highest BCUT2D eigenvalue weighted by Crippen LogP contribution is 2.17. The van der Waals surface area contributed by atoms with Crippen molar-refractivity contribution in [1.82, 2.24) is 10.6 Å². The Balaban J connectivity index is 1.90. The lowest BCUT2D eigenvalue weighted by Gasteiger charge is -2.19. The first kappa shape index (κ1) is 22.4. The van der Waals surface area contributed by atoms with Gasteiger partial charge < -0.3 is 20.7 Å². The Morgan fingerprint density at radius 2 is 1.62 bits per heavy atom. The zero-order valence-electron chi connectivity index (χ0n) is 16.5. The summed E-state index contributed by atoms with van der Waals surface area (Å²) in [5.41, 5.74) is 1.23. The van der Waals surface area contributed by atoms with Gasteiger partial charge in [-0.1, -0.05) is 34.1 Å². The summed E-state index contributed by atoms with van der Waals surface area (Å²) in [6, 6.07) is 14.2. The summed E-state index contributed by atoms with van der Waals surface area (Å²) < 4.78 is 5.97. The summed E-state index contributed by atoms with van der Waals surface area (Å²) in [5.74, 6) is -0.618. The summed E-state index contributed by atoms with van der Waals surface area (Å²) in [6.45, 7) is 5.22. The molecule has 7 nitrogen and oxygen atoms in total. The van der Waals surface area contributed by atoms with E-state index in [1.54, 1.807) is 63.2 Å². The van der Waals surface area contributed by atoms with E-state index < -0.39 is 11.7 Å². The number of hydrogen-bond donors (Lipinski definition) is 3. The van der Waals surface area contributed by atoms with Crippen molar-refractivity contribution in [3.63, 3.8) is 0 Å². The number of halogens is 1. The number of hydrogen-bond acceptors (Lipinski definition) is 4. The highest BCUT2D eigenvalue weighted by Gasteiger charge is 2.16. The van der Waals surface area contributed by atoms with E-state index in [1.807, 2.05) is 6.07 Å². The molecule has 0 saturated carbocycles. The van der Waals surface area contributed by atoms with Crippen molar-refractivity contribution in [3.05, 3.63) is 64.1 Å². The number of para-hydroxylation sites is 1. The zero-order chi connectivity index (χ0) is 21.4. The van der Waals surface area contributed by atoms with E-state index in [0.29, 0.717) is 11.3 Å². The number of carbonyl (C=O) groups is 3. The number of benzene rings is 2. The predicted molar refractivity (Wildman–Crippen MR) is 115 cm³/mol. The molecule has 0 aliphatic carbocycles. The molecule has 3 amide bonds. The molecule has 8 heteroatoms. The van der Waals surface area contributed by atoms with Crippen molar-refractivity contribution in [2.45, 2.75) is 32.9 Å². The largest absolute Gasteiger partial charge is 0.444 e. The number of alkyl carbamates (subject to hydrolysis) is 1. The minimum Gasteiger partial charge on any atom is -0.444 e. The van der Waals surface area contributed by atoms with E-state index in [2.05, 4.69) is 31.9 Å². The summed E-state index contributed by atoms with van der Waals surface area (Å²) >= 11 is 3.34. The summed E-state index contributed by atoms with van der Waals surface area (Å²) in [4.78, 5) is 36.0. The molecule has 3 N–H and O–H groups in total. The van der Waals surface area contributed by atoms with Gasteiger partial charge in [0, 0.05) is 22.3 Å². The Hall–Kier alpha value is -2.87. The number of rotatable bonds is 6. The lowest BCUT2D eigenvalue weighted by atomic mass is 10.1. The lowest BCUT2D eigenvalue weighted by molar-refractivity contribution is -0.120. The Kier molecular flexibility index (Phi) is 7.78. The van der Waals surface area contributed by atoms with Gasteiger partial charge in [0.1, 0.15) is 12.1 Å². The SMILES string of the molecule is CC(C)(C)OC(=O)NCC(=O)NCc1ccccc1NC(=O)c1ccc(Br)cc1. The van der Waals surface area contributed by atoms with Crippen molar-refractivity contribution in [3.8, 4) is 0 Å². The highest BCUT2D eigenvalue weighted by atomic mass is 79.9. The molecule has 154 valence electrons. The molecule has 0 radical (unpaired) electrons. The molecule has 29 heavy (non-hydrogen) atoms. The van der Waals surface area contributed by atoms with Crippen LogP contribution in [0.3, 0.4) is 0 Å². The van der Waals surface area contributed by atoms with Crippen LogP contribution in [0.25, 0.3) is 0 Å². The van der Waals surface area contributed by atoms with Crippen LogP contribution >= 0.6 is 15.9 Å².